The van der Waals surface area contributed by atoms with Crippen molar-refractivity contribution in [2.75, 3.05) is 11.1 Å². The van der Waals surface area contributed by atoms with Crippen LogP contribution in [-0.4, -0.2) is 0 Å². The lowest BCUT2D eigenvalue weighted by Crippen LogP contribution is -2.06. The molecule has 2 rings (SSSR count). The summed E-state index contributed by atoms with van der Waals surface area (Å²) in [6.07, 6.45) is -4.43. The topological polar surface area (TPSA) is 61.8 Å². The molecule has 0 saturated heterocycles. The van der Waals surface area contributed by atoms with E-state index in [1.807, 2.05) is 6.07 Å². The van der Waals surface area contributed by atoms with Gasteiger partial charge in [-0.25, -0.2) is 0 Å². The van der Waals surface area contributed by atoms with Crippen LogP contribution in [0.15, 0.2) is 40.9 Å². The first-order valence-corrected chi connectivity index (χ1v) is 6.54. The number of alkyl halides is 3. The third-order valence-corrected chi connectivity index (χ3v) is 3.48. The molecular formula is C14H9BrF3N3. The van der Waals surface area contributed by atoms with Crippen LogP contribution in [0.3, 0.4) is 0 Å². The van der Waals surface area contributed by atoms with Crippen molar-refractivity contribution in [2.24, 2.45) is 0 Å². The first kappa shape index (κ1) is 15.2. The van der Waals surface area contributed by atoms with E-state index in [0.29, 0.717) is 10.2 Å². The van der Waals surface area contributed by atoms with E-state index in [0.717, 1.165) is 12.1 Å². The molecule has 21 heavy (non-hydrogen) atoms. The SMILES string of the molecule is N#Cc1cccc(Nc2cc(C(F)(F)F)ccc2Br)c1N. The van der Waals surface area contributed by atoms with Crippen LogP contribution in [0, 0.1) is 11.3 Å². The number of nitrogens with one attached hydrogen (secondary N) is 1. The highest BCUT2D eigenvalue weighted by Crippen LogP contribution is 2.36. The molecule has 0 aromatic heterocycles. The Balaban J connectivity index is 2.43. The molecule has 0 fully saturated rings. The largest absolute Gasteiger partial charge is 0.416 e. The fraction of sp³-hybridized carbons (Fsp3) is 0.0714. The summed E-state index contributed by atoms with van der Waals surface area (Å²) in [5.74, 6) is 0. The van der Waals surface area contributed by atoms with Crippen molar-refractivity contribution in [3.05, 3.63) is 52.0 Å². The van der Waals surface area contributed by atoms with Gasteiger partial charge in [0, 0.05) is 4.47 Å². The first-order valence-electron chi connectivity index (χ1n) is 5.75. The molecule has 7 heteroatoms. The fourth-order valence-corrected chi connectivity index (χ4v) is 2.06. The van der Waals surface area contributed by atoms with E-state index in [2.05, 4.69) is 21.2 Å². The van der Waals surface area contributed by atoms with E-state index in [-0.39, 0.29) is 16.9 Å². The summed E-state index contributed by atoms with van der Waals surface area (Å²) in [7, 11) is 0. The molecule has 0 bridgehead atoms. The van der Waals surface area contributed by atoms with E-state index >= 15 is 0 Å². The molecule has 3 nitrogen and oxygen atoms in total. The van der Waals surface area contributed by atoms with Gasteiger partial charge in [0.15, 0.2) is 0 Å². The quantitative estimate of drug-likeness (QED) is 0.769. The number of hydrogen-bond donors (Lipinski definition) is 2. The zero-order valence-corrected chi connectivity index (χ0v) is 12.1. The van der Waals surface area contributed by atoms with Gasteiger partial charge in [0.05, 0.1) is 28.2 Å². The molecule has 0 aliphatic carbocycles. The Bertz CT molecular complexity index is 720. The van der Waals surface area contributed by atoms with E-state index in [1.54, 1.807) is 12.1 Å². The molecule has 0 aliphatic heterocycles. The van der Waals surface area contributed by atoms with Gasteiger partial charge in [0.2, 0.25) is 0 Å². The zero-order valence-electron chi connectivity index (χ0n) is 10.5. The molecule has 0 radical (unpaired) electrons. The Kier molecular flexibility index (Phi) is 4.09. The van der Waals surface area contributed by atoms with Crippen LogP contribution in [0.25, 0.3) is 0 Å². The molecular weight excluding hydrogens is 347 g/mol. The molecule has 0 heterocycles. The average molecular weight is 356 g/mol. The first-order chi connectivity index (χ1) is 9.82. The lowest BCUT2D eigenvalue weighted by molar-refractivity contribution is -0.137. The summed E-state index contributed by atoms with van der Waals surface area (Å²) < 4.78 is 38.6. The minimum absolute atomic E-state index is 0.185. The fourth-order valence-electron chi connectivity index (χ4n) is 1.71. The summed E-state index contributed by atoms with van der Waals surface area (Å²) in [5, 5.41) is 11.7. The minimum Gasteiger partial charge on any atom is -0.396 e. The maximum Gasteiger partial charge on any atom is 0.416 e. The second-order valence-corrected chi connectivity index (χ2v) is 5.05. The molecule has 108 valence electrons. The Labute approximate surface area is 127 Å². The summed E-state index contributed by atoms with van der Waals surface area (Å²) in [5.41, 5.74) is 6.04. The normalized spacial score (nSPS) is 11.0. The molecule has 2 aromatic carbocycles. The van der Waals surface area contributed by atoms with E-state index in [1.165, 1.54) is 12.1 Å². The van der Waals surface area contributed by atoms with E-state index < -0.39 is 11.7 Å². The third-order valence-electron chi connectivity index (χ3n) is 2.79. The maximum atomic E-state index is 12.7. The highest BCUT2D eigenvalue weighted by Gasteiger charge is 2.31. The Morgan fingerprint density at radius 3 is 2.48 bits per heavy atom. The molecule has 0 spiro atoms. The van der Waals surface area contributed by atoms with Crippen LogP contribution in [-0.2, 0) is 6.18 Å². The van der Waals surface area contributed by atoms with Crippen molar-refractivity contribution in [3.8, 4) is 6.07 Å². The Hall–Kier alpha value is -2.20. The van der Waals surface area contributed by atoms with Gasteiger partial charge in [-0.3, -0.25) is 0 Å². The van der Waals surface area contributed by atoms with Crippen LogP contribution >= 0.6 is 15.9 Å². The predicted molar refractivity (Wildman–Crippen MR) is 78.0 cm³/mol. The van der Waals surface area contributed by atoms with Crippen LogP contribution in [0.5, 0.6) is 0 Å². The molecule has 0 amide bonds. The lowest BCUT2D eigenvalue weighted by atomic mass is 10.1. The van der Waals surface area contributed by atoms with Gasteiger partial charge >= 0.3 is 6.18 Å². The van der Waals surface area contributed by atoms with E-state index in [9.17, 15) is 13.2 Å². The maximum absolute atomic E-state index is 12.7. The molecule has 3 N–H and O–H groups in total. The van der Waals surface area contributed by atoms with Gasteiger partial charge < -0.3 is 11.1 Å². The molecule has 0 atom stereocenters. The van der Waals surface area contributed by atoms with Gasteiger partial charge in [-0.1, -0.05) is 6.07 Å². The minimum atomic E-state index is -4.43. The Morgan fingerprint density at radius 2 is 1.86 bits per heavy atom. The third kappa shape index (κ3) is 3.28. The predicted octanol–water partition coefficient (Wildman–Crippen LogP) is 4.67. The van der Waals surface area contributed by atoms with Crippen molar-refractivity contribution < 1.29 is 13.2 Å². The van der Waals surface area contributed by atoms with Crippen molar-refractivity contribution in [3.63, 3.8) is 0 Å². The van der Waals surface area contributed by atoms with Crippen LogP contribution in [0.4, 0.5) is 30.2 Å². The number of nitrogen functional groups attached to an aromatic ring is 1. The lowest BCUT2D eigenvalue weighted by Gasteiger charge is -2.14. The number of hydrogen-bond acceptors (Lipinski definition) is 3. The van der Waals surface area contributed by atoms with Gasteiger partial charge in [0.1, 0.15) is 6.07 Å². The van der Waals surface area contributed by atoms with Gasteiger partial charge in [-0.15, -0.1) is 0 Å². The van der Waals surface area contributed by atoms with Crippen LogP contribution in [0.2, 0.25) is 0 Å². The summed E-state index contributed by atoms with van der Waals surface area (Å²) in [6.45, 7) is 0. The van der Waals surface area contributed by atoms with Crippen molar-refractivity contribution >= 4 is 33.0 Å². The number of benzene rings is 2. The number of anilines is 3. The number of nitrogens with two attached hydrogens (primary N) is 1. The van der Waals surface area contributed by atoms with Crippen molar-refractivity contribution in [1.29, 1.82) is 5.26 Å². The number of para-hydroxylation sites is 1. The average Bonchev–Trinajstić information content (AvgIpc) is 2.42. The highest BCUT2D eigenvalue weighted by atomic mass is 79.9. The number of nitriles is 1. The van der Waals surface area contributed by atoms with Gasteiger partial charge in [0.25, 0.3) is 0 Å². The van der Waals surface area contributed by atoms with Crippen LogP contribution < -0.4 is 11.1 Å². The number of rotatable bonds is 2. The molecule has 0 saturated carbocycles. The summed E-state index contributed by atoms with van der Waals surface area (Å²) in [4.78, 5) is 0. The number of halogens is 4. The second-order valence-electron chi connectivity index (χ2n) is 4.20. The van der Waals surface area contributed by atoms with E-state index in [4.69, 9.17) is 11.0 Å². The van der Waals surface area contributed by atoms with Crippen molar-refractivity contribution in [1.82, 2.24) is 0 Å². The van der Waals surface area contributed by atoms with Crippen LogP contribution in [0.1, 0.15) is 11.1 Å². The van der Waals surface area contributed by atoms with Crippen molar-refractivity contribution in [2.45, 2.75) is 6.18 Å². The number of nitrogens with zero attached hydrogens (tertiary/aromatic N) is 1. The molecule has 0 unspecified atom stereocenters. The zero-order chi connectivity index (χ0) is 15.6. The van der Waals surface area contributed by atoms with Gasteiger partial charge in [-0.2, -0.15) is 18.4 Å². The standard InChI is InChI=1S/C14H9BrF3N3/c15-10-5-4-9(14(16,17)18)6-12(10)21-11-3-1-2-8(7-19)13(11)20/h1-6,21H,20H2. The Morgan fingerprint density at radius 1 is 1.14 bits per heavy atom. The van der Waals surface area contributed by atoms with Gasteiger partial charge in [-0.05, 0) is 46.3 Å². The smallest absolute Gasteiger partial charge is 0.396 e. The second kappa shape index (κ2) is 5.66. The highest BCUT2D eigenvalue weighted by molar-refractivity contribution is 9.10. The summed E-state index contributed by atoms with van der Waals surface area (Å²) in [6, 6.07) is 9.88. The summed E-state index contributed by atoms with van der Waals surface area (Å²) >= 11 is 3.18. The molecule has 2 aromatic rings. The monoisotopic (exact) mass is 355 g/mol. The molecule has 0 aliphatic rings.